The van der Waals surface area contributed by atoms with E-state index in [0.717, 1.165) is 25.7 Å². The van der Waals surface area contributed by atoms with Gasteiger partial charge in [-0.15, -0.1) is 0 Å². The highest BCUT2D eigenvalue weighted by Crippen LogP contribution is 2.14. The maximum absolute atomic E-state index is 10.8. The third-order valence-corrected chi connectivity index (χ3v) is 3.65. The number of carboxylic acid groups (broad SMARTS) is 1. The first-order valence-electron chi connectivity index (χ1n) is 8.31. The maximum atomic E-state index is 10.8. The molecule has 1 aromatic carbocycles. The summed E-state index contributed by atoms with van der Waals surface area (Å²) in [4.78, 5) is 10.8. The average Bonchev–Trinajstić information content (AvgIpc) is 2.53. The zero-order valence-corrected chi connectivity index (χ0v) is 13.3. The minimum Gasteiger partial charge on any atom is -0.494 e. The Hall–Kier alpha value is -1.55. The number of benzene rings is 1. The van der Waals surface area contributed by atoms with E-state index in [1.54, 1.807) is 24.3 Å². The molecule has 0 spiro atoms. The predicted octanol–water partition coefficient (Wildman–Crippen LogP) is 4.27. The van der Waals surface area contributed by atoms with E-state index in [9.17, 15) is 4.79 Å². The normalized spacial score (nSPS) is 10.6. The Morgan fingerprint density at radius 1 is 0.909 bits per heavy atom. The van der Waals surface area contributed by atoms with Crippen molar-refractivity contribution in [1.29, 1.82) is 0 Å². The number of ether oxygens (including phenoxy) is 1. The van der Waals surface area contributed by atoms with Crippen LogP contribution < -0.4 is 4.74 Å². The standard InChI is InChI=1S/C18H28O4/c19-13-8-6-4-2-1-3-5-7-9-14-22-17-12-10-11-16(15-17)18(20)21/h10-12,15,19H,1-9,13-14H2,(H,20,21). The summed E-state index contributed by atoms with van der Waals surface area (Å²) in [5, 5.41) is 17.6. The minimum absolute atomic E-state index is 0.263. The first kappa shape index (κ1) is 18.5. The zero-order valence-electron chi connectivity index (χ0n) is 13.3. The summed E-state index contributed by atoms with van der Waals surface area (Å²) in [5.74, 6) is -0.298. The van der Waals surface area contributed by atoms with E-state index in [4.69, 9.17) is 14.9 Å². The minimum atomic E-state index is -0.926. The van der Waals surface area contributed by atoms with Crippen LogP contribution in [0.5, 0.6) is 5.75 Å². The fraction of sp³-hybridized carbons (Fsp3) is 0.611. The molecule has 0 unspecified atom stereocenters. The molecule has 4 heteroatoms. The molecule has 1 rings (SSSR count). The number of aliphatic hydroxyl groups is 1. The molecule has 0 aromatic heterocycles. The Labute approximate surface area is 133 Å². The molecule has 0 aliphatic carbocycles. The third kappa shape index (κ3) is 8.67. The van der Waals surface area contributed by atoms with Gasteiger partial charge in [0.1, 0.15) is 5.75 Å². The fourth-order valence-corrected chi connectivity index (χ4v) is 2.36. The number of aliphatic hydroxyl groups excluding tert-OH is 1. The first-order valence-corrected chi connectivity index (χ1v) is 8.31. The van der Waals surface area contributed by atoms with E-state index in [0.29, 0.717) is 19.0 Å². The Kier molecular flexibility index (Phi) is 10.1. The summed E-state index contributed by atoms with van der Waals surface area (Å²) in [6.07, 6.45) is 10.5. The summed E-state index contributed by atoms with van der Waals surface area (Å²) < 4.78 is 5.58. The Bertz CT molecular complexity index is 417. The number of hydrogen-bond acceptors (Lipinski definition) is 3. The molecular formula is C18H28O4. The Morgan fingerprint density at radius 2 is 1.50 bits per heavy atom. The predicted molar refractivity (Wildman–Crippen MR) is 87.5 cm³/mol. The molecule has 0 heterocycles. The second-order valence-corrected chi connectivity index (χ2v) is 5.59. The summed E-state index contributed by atoms with van der Waals surface area (Å²) in [6.45, 7) is 0.953. The molecule has 0 saturated carbocycles. The van der Waals surface area contributed by atoms with Gasteiger partial charge in [-0.05, 0) is 31.0 Å². The average molecular weight is 308 g/mol. The molecule has 2 N–H and O–H groups in total. The molecule has 0 atom stereocenters. The lowest BCUT2D eigenvalue weighted by Crippen LogP contribution is -2.00. The highest BCUT2D eigenvalue weighted by atomic mass is 16.5. The SMILES string of the molecule is O=C(O)c1cccc(OCCCCCCCCCCCO)c1. The van der Waals surface area contributed by atoms with Gasteiger partial charge in [-0.25, -0.2) is 4.79 Å². The van der Waals surface area contributed by atoms with Gasteiger partial charge >= 0.3 is 5.97 Å². The topological polar surface area (TPSA) is 66.8 Å². The van der Waals surface area contributed by atoms with Crippen LogP contribution in [0.25, 0.3) is 0 Å². The van der Waals surface area contributed by atoms with E-state index >= 15 is 0 Å². The summed E-state index contributed by atoms with van der Waals surface area (Å²) in [7, 11) is 0. The highest BCUT2D eigenvalue weighted by Gasteiger charge is 2.03. The van der Waals surface area contributed by atoms with Crippen molar-refractivity contribution >= 4 is 5.97 Å². The third-order valence-electron chi connectivity index (χ3n) is 3.65. The molecule has 22 heavy (non-hydrogen) atoms. The number of hydrogen-bond donors (Lipinski definition) is 2. The van der Waals surface area contributed by atoms with Gasteiger partial charge in [-0.2, -0.15) is 0 Å². The monoisotopic (exact) mass is 308 g/mol. The molecule has 124 valence electrons. The first-order chi connectivity index (χ1) is 10.7. The second kappa shape index (κ2) is 12.0. The largest absolute Gasteiger partial charge is 0.494 e. The summed E-state index contributed by atoms with van der Waals surface area (Å²) in [6, 6.07) is 6.62. The van der Waals surface area contributed by atoms with Crippen molar-refractivity contribution in [3.8, 4) is 5.75 Å². The molecule has 0 fully saturated rings. The van der Waals surface area contributed by atoms with Gasteiger partial charge < -0.3 is 14.9 Å². The van der Waals surface area contributed by atoms with Gasteiger partial charge in [0.25, 0.3) is 0 Å². The van der Waals surface area contributed by atoms with E-state index in [1.165, 1.54) is 32.1 Å². The van der Waals surface area contributed by atoms with Gasteiger partial charge in [-0.1, -0.05) is 51.0 Å². The number of unbranched alkanes of at least 4 members (excludes halogenated alkanes) is 8. The fourth-order valence-electron chi connectivity index (χ4n) is 2.36. The molecular weight excluding hydrogens is 280 g/mol. The number of rotatable bonds is 13. The van der Waals surface area contributed by atoms with Gasteiger partial charge in [0.2, 0.25) is 0 Å². The van der Waals surface area contributed by atoms with Gasteiger partial charge in [0.15, 0.2) is 0 Å². The molecule has 0 amide bonds. The van der Waals surface area contributed by atoms with Crippen molar-refractivity contribution in [3.05, 3.63) is 29.8 Å². The molecule has 0 radical (unpaired) electrons. The smallest absolute Gasteiger partial charge is 0.335 e. The van der Waals surface area contributed by atoms with Crippen molar-refractivity contribution in [2.75, 3.05) is 13.2 Å². The van der Waals surface area contributed by atoms with Crippen molar-refractivity contribution < 1.29 is 19.7 Å². The van der Waals surface area contributed by atoms with Crippen LogP contribution in [0.2, 0.25) is 0 Å². The lowest BCUT2D eigenvalue weighted by molar-refractivity contribution is 0.0696. The summed E-state index contributed by atoms with van der Waals surface area (Å²) >= 11 is 0. The van der Waals surface area contributed by atoms with Gasteiger partial charge in [0, 0.05) is 6.61 Å². The molecule has 4 nitrogen and oxygen atoms in total. The van der Waals surface area contributed by atoms with Crippen molar-refractivity contribution in [3.63, 3.8) is 0 Å². The van der Waals surface area contributed by atoms with Crippen LogP contribution in [-0.2, 0) is 0 Å². The zero-order chi connectivity index (χ0) is 16.0. The Morgan fingerprint density at radius 3 is 2.09 bits per heavy atom. The van der Waals surface area contributed by atoms with Crippen LogP contribution in [0.15, 0.2) is 24.3 Å². The van der Waals surface area contributed by atoms with Gasteiger partial charge in [-0.3, -0.25) is 0 Å². The molecule has 0 aliphatic rings. The van der Waals surface area contributed by atoms with Crippen LogP contribution in [0, 0.1) is 0 Å². The number of carboxylic acids is 1. The van der Waals surface area contributed by atoms with Crippen molar-refractivity contribution in [2.24, 2.45) is 0 Å². The van der Waals surface area contributed by atoms with E-state index < -0.39 is 5.97 Å². The van der Waals surface area contributed by atoms with Crippen molar-refractivity contribution in [1.82, 2.24) is 0 Å². The van der Waals surface area contributed by atoms with Crippen LogP contribution >= 0.6 is 0 Å². The second-order valence-electron chi connectivity index (χ2n) is 5.59. The van der Waals surface area contributed by atoms with Crippen LogP contribution in [-0.4, -0.2) is 29.4 Å². The molecule has 0 saturated heterocycles. The van der Waals surface area contributed by atoms with Crippen molar-refractivity contribution in [2.45, 2.75) is 57.8 Å². The number of carbonyl (C=O) groups is 1. The van der Waals surface area contributed by atoms with E-state index in [1.807, 2.05) is 0 Å². The molecule has 1 aromatic rings. The summed E-state index contributed by atoms with van der Waals surface area (Å²) in [5.41, 5.74) is 0.263. The van der Waals surface area contributed by atoms with E-state index in [2.05, 4.69) is 0 Å². The number of aromatic carboxylic acids is 1. The lowest BCUT2D eigenvalue weighted by Gasteiger charge is -2.07. The van der Waals surface area contributed by atoms with Crippen LogP contribution in [0.1, 0.15) is 68.1 Å². The van der Waals surface area contributed by atoms with Gasteiger partial charge in [0.05, 0.1) is 12.2 Å². The van der Waals surface area contributed by atoms with E-state index in [-0.39, 0.29) is 5.56 Å². The Balaban J connectivity index is 1.97. The van der Waals surface area contributed by atoms with Crippen LogP contribution in [0.4, 0.5) is 0 Å². The quantitative estimate of drug-likeness (QED) is 0.534. The molecule has 0 aliphatic heterocycles. The molecule has 0 bridgehead atoms. The van der Waals surface area contributed by atoms with Crippen LogP contribution in [0.3, 0.4) is 0 Å². The highest BCUT2D eigenvalue weighted by molar-refractivity contribution is 5.87. The lowest BCUT2D eigenvalue weighted by atomic mass is 10.1. The maximum Gasteiger partial charge on any atom is 0.335 e.